The molecule has 6 heteroatoms. The van der Waals surface area contributed by atoms with Crippen LogP contribution in [0.25, 0.3) is 0 Å². The van der Waals surface area contributed by atoms with E-state index < -0.39 is 0 Å². The van der Waals surface area contributed by atoms with Gasteiger partial charge in [-0.3, -0.25) is 0 Å². The molecule has 2 aromatic rings. The molecule has 0 bridgehead atoms. The highest BCUT2D eigenvalue weighted by Gasteiger charge is 2.40. The number of thioether (sulfide) groups is 1. The smallest absolute Gasteiger partial charge is 0.142 e. The van der Waals surface area contributed by atoms with Crippen LogP contribution in [-0.4, -0.2) is 29.4 Å². The van der Waals surface area contributed by atoms with Crippen LogP contribution in [-0.2, 0) is 6.42 Å². The Morgan fingerprint density at radius 1 is 1.07 bits per heavy atom. The van der Waals surface area contributed by atoms with Crippen molar-refractivity contribution in [2.24, 2.45) is 4.99 Å². The largest absolute Gasteiger partial charge is 0.371 e. The Labute approximate surface area is 170 Å². The first-order chi connectivity index (χ1) is 13.3. The van der Waals surface area contributed by atoms with Crippen LogP contribution in [0.4, 0.5) is 11.4 Å². The second kappa shape index (κ2) is 8.55. The summed E-state index contributed by atoms with van der Waals surface area (Å²) in [4.78, 5) is 4.94. The highest BCUT2D eigenvalue weighted by Crippen LogP contribution is 2.39. The van der Waals surface area contributed by atoms with Gasteiger partial charge in [0.1, 0.15) is 5.84 Å². The molecule has 0 aromatic heterocycles. The lowest BCUT2D eigenvalue weighted by Crippen LogP contribution is -2.58. The van der Waals surface area contributed by atoms with Crippen molar-refractivity contribution in [3.8, 4) is 0 Å². The Kier molecular flexibility index (Phi) is 5.91. The summed E-state index contributed by atoms with van der Waals surface area (Å²) in [5, 5.41) is 4.62. The molecule has 0 saturated carbocycles. The van der Waals surface area contributed by atoms with Crippen molar-refractivity contribution in [3.63, 3.8) is 0 Å². The summed E-state index contributed by atoms with van der Waals surface area (Å²) in [6.45, 7) is 0.858. The topological polar surface area (TPSA) is 48.5 Å². The van der Waals surface area contributed by atoms with Crippen molar-refractivity contribution in [1.29, 1.82) is 0 Å². The number of benzene rings is 2. The summed E-state index contributed by atoms with van der Waals surface area (Å²) in [6, 6.07) is 16.3. The standard InChI is InChI=1S/C21H25ClN4S/c22-17-8-2-1-6-16(17)7-5-13-23-26-20-21(11-14-27-15-12-21)25-19-10-4-3-9-18(19)24-20/h1-4,6,8-10,23,25H,5,7,11-15H2,(H,24,26). The number of hydrogen-bond acceptors (Lipinski definition) is 5. The van der Waals surface area contributed by atoms with Gasteiger partial charge in [-0.25, -0.2) is 10.4 Å². The number of hydrazine groups is 1. The summed E-state index contributed by atoms with van der Waals surface area (Å²) in [5.74, 6) is 3.32. The maximum absolute atomic E-state index is 6.24. The van der Waals surface area contributed by atoms with Gasteiger partial charge in [0, 0.05) is 11.6 Å². The van der Waals surface area contributed by atoms with E-state index in [-0.39, 0.29) is 5.54 Å². The Morgan fingerprint density at radius 2 is 1.85 bits per heavy atom. The van der Waals surface area contributed by atoms with Crippen molar-refractivity contribution in [1.82, 2.24) is 10.9 Å². The van der Waals surface area contributed by atoms with Gasteiger partial charge in [-0.1, -0.05) is 41.9 Å². The molecule has 4 nitrogen and oxygen atoms in total. The highest BCUT2D eigenvalue weighted by atomic mass is 35.5. The Hall–Kier alpha value is -1.69. The lowest BCUT2D eigenvalue weighted by molar-refractivity contribution is 0.518. The molecule has 0 atom stereocenters. The predicted molar refractivity (Wildman–Crippen MR) is 117 cm³/mol. The molecular formula is C21H25ClN4S. The monoisotopic (exact) mass is 400 g/mol. The fourth-order valence-corrected chi connectivity index (χ4v) is 5.09. The molecule has 2 heterocycles. The summed E-state index contributed by atoms with van der Waals surface area (Å²) in [6.07, 6.45) is 4.14. The Bertz CT molecular complexity index is 817. The first-order valence-electron chi connectivity index (χ1n) is 9.53. The number of hydrogen-bond donors (Lipinski definition) is 3. The number of amidine groups is 1. The molecule has 3 N–H and O–H groups in total. The van der Waals surface area contributed by atoms with Crippen LogP contribution < -0.4 is 16.2 Å². The minimum Gasteiger partial charge on any atom is -0.371 e. The van der Waals surface area contributed by atoms with E-state index >= 15 is 0 Å². The molecule has 4 rings (SSSR count). The maximum Gasteiger partial charge on any atom is 0.142 e. The van der Waals surface area contributed by atoms with E-state index in [1.54, 1.807) is 0 Å². The summed E-state index contributed by atoms with van der Waals surface area (Å²) < 4.78 is 0. The van der Waals surface area contributed by atoms with E-state index in [0.717, 1.165) is 66.0 Å². The van der Waals surface area contributed by atoms with Gasteiger partial charge in [0.2, 0.25) is 0 Å². The molecule has 0 aliphatic carbocycles. The normalized spacial score (nSPS) is 17.7. The number of para-hydroxylation sites is 2. The van der Waals surface area contributed by atoms with Crippen LogP contribution >= 0.6 is 23.4 Å². The number of nitrogens with zero attached hydrogens (tertiary/aromatic N) is 1. The summed E-state index contributed by atoms with van der Waals surface area (Å²) >= 11 is 8.26. The average Bonchev–Trinajstić information content (AvgIpc) is 2.70. The molecule has 2 aliphatic rings. The third-order valence-electron chi connectivity index (χ3n) is 5.22. The number of aryl methyl sites for hydroxylation is 1. The van der Waals surface area contributed by atoms with Gasteiger partial charge in [-0.05, 0) is 61.0 Å². The zero-order valence-corrected chi connectivity index (χ0v) is 16.9. The molecule has 1 saturated heterocycles. The third-order valence-corrected chi connectivity index (χ3v) is 6.58. The minimum atomic E-state index is -0.0880. The molecule has 0 radical (unpaired) electrons. The molecule has 142 valence electrons. The number of halogens is 1. The van der Waals surface area contributed by atoms with Gasteiger partial charge in [0.15, 0.2) is 0 Å². The van der Waals surface area contributed by atoms with Crippen LogP contribution in [0.3, 0.4) is 0 Å². The lowest BCUT2D eigenvalue weighted by Gasteiger charge is -2.42. The number of aliphatic imine (C=N–C) groups is 1. The molecular weight excluding hydrogens is 376 g/mol. The number of nitrogens with one attached hydrogen (secondary N) is 3. The molecule has 2 aliphatic heterocycles. The number of anilines is 1. The minimum absolute atomic E-state index is 0.0880. The molecule has 27 heavy (non-hydrogen) atoms. The molecule has 0 unspecified atom stereocenters. The van der Waals surface area contributed by atoms with Gasteiger partial charge < -0.3 is 10.7 Å². The zero-order valence-electron chi connectivity index (χ0n) is 15.3. The van der Waals surface area contributed by atoms with Crippen LogP contribution in [0.2, 0.25) is 5.02 Å². The average molecular weight is 401 g/mol. The first kappa shape index (κ1) is 18.7. The van der Waals surface area contributed by atoms with Crippen LogP contribution in [0.15, 0.2) is 53.5 Å². The van der Waals surface area contributed by atoms with Crippen LogP contribution in [0, 0.1) is 0 Å². The van der Waals surface area contributed by atoms with E-state index in [1.165, 1.54) is 5.56 Å². The van der Waals surface area contributed by atoms with Crippen molar-refractivity contribution >= 4 is 40.6 Å². The van der Waals surface area contributed by atoms with E-state index in [2.05, 4.69) is 40.4 Å². The molecule has 1 fully saturated rings. The van der Waals surface area contributed by atoms with E-state index in [1.807, 2.05) is 36.0 Å². The van der Waals surface area contributed by atoms with Crippen molar-refractivity contribution < 1.29 is 0 Å². The second-order valence-electron chi connectivity index (χ2n) is 7.04. The fraction of sp³-hybridized carbons (Fsp3) is 0.381. The quantitative estimate of drug-likeness (QED) is 0.499. The van der Waals surface area contributed by atoms with Crippen molar-refractivity contribution in [3.05, 3.63) is 59.1 Å². The third kappa shape index (κ3) is 4.26. The Morgan fingerprint density at radius 3 is 2.70 bits per heavy atom. The lowest BCUT2D eigenvalue weighted by atomic mass is 9.88. The summed E-state index contributed by atoms with van der Waals surface area (Å²) in [5.41, 5.74) is 10.0. The maximum atomic E-state index is 6.24. The summed E-state index contributed by atoms with van der Waals surface area (Å²) in [7, 11) is 0. The molecule has 2 aromatic carbocycles. The molecule has 1 spiro atoms. The van der Waals surface area contributed by atoms with Gasteiger partial charge >= 0.3 is 0 Å². The number of rotatable bonds is 5. The Balaban J connectivity index is 1.38. The molecule has 0 amide bonds. The zero-order chi connectivity index (χ0) is 18.5. The van der Waals surface area contributed by atoms with E-state index in [9.17, 15) is 0 Å². The van der Waals surface area contributed by atoms with E-state index in [0.29, 0.717) is 0 Å². The highest BCUT2D eigenvalue weighted by molar-refractivity contribution is 7.99. The van der Waals surface area contributed by atoms with Gasteiger partial charge in [0.25, 0.3) is 0 Å². The van der Waals surface area contributed by atoms with Crippen LogP contribution in [0.5, 0.6) is 0 Å². The van der Waals surface area contributed by atoms with Crippen LogP contribution in [0.1, 0.15) is 24.8 Å². The second-order valence-corrected chi connectivity index (χ2v) is 8.68. The number of fused-ring (bicyclic) bond motifs is 1. The predicted octanol–water partition coefficient (Wildman–Crippen LogP) is 4.79. The van der Waals surface area contributed by atoms with Crippen molar-refractivity contribution in [2.75, 3.05) is 23.4 Å². The fourth-order valence-electron chi connectivity index (χ4n) is 3.67. The first-order valence-corrected chi connectivity index (χ1v) is 11.1. The van der Waals surface area contributed by atoms with Crippen molar-refractivity contribution in [2.45, 2.75) is 31.2 Å². The SMILES string of the molecule is Clc1ccccc1CCCNNC1=Nc2ccccc2NC12CCSCC2. The van der Waals surface area contributed by atoms with E-state index in [4.69, 9.17) is 16.6 Å². The van der Waals surface area contributed by atoms with Gasteiger partial charge in [0.05, 0.1) is 16.9 Å². The van der Waals surface area contributed by atoms with Gasteiger partial charge in [-0.15, -0.1) is 0 Å². The van der Waals surface area contributed by atoms with Gasteiger partial charge in [-0.2, -0.15) is 11.8 Å².